The summed E-state index contributed by atoms with van der Waals surface area (Å²) >= 11 is 0. The van der Waals surface area contributed by atoms with Gasteiger partial charge in [0, 0.05) is 11.4 Å². The van der Waals surface area contributed by atoms with Crippen LogP contribution in [-0.4, -0.2) is 33.7 Å². The zero-order valence-electron chi connectivity index (χ0n) is 10.4. The fourth-order valence-corrected chi connectivity index (χ4v) is 1.84. The third-order valence-corrected chi connectivity index (χ3v) is 2.61. The fourth-order valence-electron chi connectivity index (χ4n) is 1.28. The molecule has 1 amide bonds. The van der Waals surface area contributed by atoms with Crippen LogP contribution in [0.5, 0.6) is 0 Å². The van der Waals surface area contributed by atoms with Crippen molar-refractivity contribution in [1.29, 1.82) is 0 Å². The Morgan fingerprint density at radius 2 is 1.72 bits per heavy atom. The lowest BCUT2D eigenvalue weighted by Crippen LogP contribution is -2.27. The highest BCUT2D eigenvalue weighted by atomic mass is 32.2. The fraction of sp³-hybridized carbons (Fsp3) is 0.364. The lowest BCUT2D eigenvalue weighted by Gasteiger charge is -2.07. The van der Waals surface area contributed by atoms with Gasteiger partial charge in [0.25, 0.3) is 0 Å². The smallest absolute Gasteiger partial charge is 0.238 e. The summed E-state index contributed by atoms with van der Waals surface area (Å²) in [6.07, 6.45) is 1.08. The minimum absolute atomic E-state index is 0.138. The van der Waals surface area contributed by atoms with Crippen LogP contribution in [0.4, 0.5) is 11.4 Å². The van der Waals surface area contributed by atoms with E-state index in [1.54, 1.807) is 24.3 Å². The highest BCUT2D eigenvalue weighted by Gasteiger charge is 2.03. The number of sulfonamides is 1. The van der Waals surface area contributed by atoms with E-state index in [1.807, 2.05) is 6.92 Å². The zero-order chi connectivity index (χ0) is 13.6. The molecule has 0 saturated heterocycles. The van der Waals surface area contributed by atoms with Crippen molar-refractivity contribution in [2.75, 3.05) is 29.4 Å². The first-order valence-electron chi connectivity index (χ1n) is 5.49. The first-order chi connectivity index (χ1) is 8.40. The average molecular weight is 271 g/mol. The second kappa shape index (κ2) is 6.36. The Balaban J connectivity index is 2.58. The molecule has 0 aliphatic rings. The van der Waals surface area contributed by atoms with Crippen LogP contribution in [0.25, 0.3) is 0 Å². The van der Waals surface area contributed by atoms with Crippen LogP contribution in [0.2, 0.25) is 0 Å². The summed E-state index contributed by atoms with van der Waals surface area (Å²) in [5.41, 5.74) is 1.08. The monoisotopic (exact) mass is 271 g/mol. The number of carbonyl (C=O) groups excluding carboxylic acids is 1. The number of hydrogen-bond acceptors (Lipinski definition) is 4. The first kappa shape index (κ1) is 14.5. The Labute approximate surface area is 107 Å². The molecule has 18 heavy (non-hydrogen) atoms. The lowest BCUT2D eigenvalue weighted by atomic mass is 10.3. The van der Waals surface area contributed by atoms with Crippen molar-refractivity contribution >= 4 is 27.3 Å². The normalized spacial score (nSPS) is 11.0. The van der Waals surface area contributed by atoms with Crippen LogP contribution in [0.3, 0.4) is 0 Å². The van der Waals surface area contributed by atoms with Gasteiger partial charge in [-0.25, -0.2) is 8.42 Å². The molecule has 1 rings (SSSR count). The molecule has 6 nitrogen and oxygen atoms in total. The van der Waals surface area contributed by atoms with Crippen molar-refractivity contribution in [1.82, 2.24) is 5.32 Å². The molecule has 0 bridgehead atoms. The maximum atomic E-state index is 11.4. The van der Waals surface area contributed by atoms with Gasteiger partial charge < -0.3 is 10.6 Å². The number of likely N-dealkylation sites (N-methyl/N-ethyl adjacent to an activating group) is 1. The summed E-state index contributed by atoms with van der Waals surface area (Å²) < 4.78 is 24.3. The molecule has 0 saturated carbocycles. The maximum absolute atomic E-state index is 11.4. The quantitative estimate of drug-likeness (QED) is 0.707. The van der Waals surface area contributed by atoms with Crippen LogP contribution < -0.4 is 15.4 Å². The molecule has 0 spiro atoms. The first-order valence-corrected chi connectivity index (χ1v) is 7.38. The third kappa shape index (κ3) is 5.65. The SMILES string of the molecule is CCNCC(=O)Nc1ccc(NS(C)(=O)=O)cc1. The minimum atomic E-state index is -3.27. The predicted molar refractivity (Wildman–Crippen MR) is 72.1 cm³/mol. The standard InChI is InChI=1S/C11H17N3O3S/c1-3-12-8-11(15)13-9-4-6-10(7-5-9)14-18(2,16)17/h4-7,12,14H,3,8H2,1-2H3,(H,13,15). The van der Waals surface area contributed by atoms with E-state index in [-0.39, 0.29) is 12.5 Å². The summed E-state index contributed by atoms with van der Waals surface area (Å²) in [5.74, 6) is -0.138. The van der Waals surface area contributed by atoms with Gasteiger partial charge in [0.1, 0.15) is 0 Å². The molecule has 0 aliphatic carbocycles. The third-order valence-electron chi connectivity index (χ3n) is 2.01. The van der Waals surface area contributed by atoms with E-state index >= 15 is 0 Å². The van der Waals surface area contributed by atoms with Crippen LogP contribution in [0, 0.1) is 0 Å². The Morgan fingerprint density at radius 3 is 2.22 bits per heavy atom. The molecule has 3 N–H and O–H groups in total. The summed E-state index contributed by atoms with van der Waals surface area (Å²) in [6, 6.07) is 6.45. The Bertz CT molecular complexity index is 497. The largest absolute Gasteiger partial charge is 0.325 e. The second-order valence-corrected chi connectivity index (χ2v) is 5.53. The number of rotatable bonds is 6. The van der Waals surface area contributed by atoms with E-state index in [0.717, 1.165) is 12.8 Å². The van der Waals surface area contributed by atoms with Crippen molar-refractivity contribution in [2.45, 2.75) is 6.92 Å². The maximum Gasteiger partial charge on any atom is 0.238 e. The summed E-state index contributed by atoms with van der Waals surface area (Å²) in [4.78, 5) is 11.4. The zero-order valence-corrected chi connectivity index (χ0v) is 11.2. The summed E-state index contributed by atoms with van der Waals surface area (Å²) in [7, 11) is -3.27. The lowest BCUT2D eigenvalue weighted by molar-refractivity contribution is -0.115. The number of benzene rings is 1. The molecule has 7 heteroatoms. The molecule has 0 fully saturated rings. The van der Waals surface area contributed by atoms with Gasteiger partial charge in [0.15, 0.2) is 0 Å². The molecule has 1 aromatic carbocycles. The average Bonchev–Trinajstić information content (AvgIpc) is 2.27. The van der Waals surface area contributed by atoms with Gasteiger partial charge in [0.2, 0.25) is 15.9 Å². The van der Waals surface area contributed by atoms with E-state index in [0.29, 0.717) is 11.4 Å². The summed E-state index contributed by atoms with van der Waals surface area (Å²) in [6.45, 7) is 2.89. The molecule has 1 aromatic rings. The van der Waals surface area contributed by atoms with Crippen LogP contribution in [0.15, 0.2) is 24.3 Å². The van der Waals surface area contributed by atoms with Gasteiger partial charge in [-0.15, -0.1) is 0 Å². The molecular weight excluding hydrogens is 254 g/mol. The molecule has 0 aliphatic heterocycles. The van der Waals surface area contributed by atoms with Crippen LogP contribution in [-0.2, 0) is 14.8 Å². The summed E-state index contributed by atoms with van der Waals surface area (Å²) in [5, 5.41) is 5.60. The molecule has 0 heterocycles. The van der Waals surface area contributed by atoms with Crippen molar-refractivity contribution in [2.24, 2.45) is 0 Å². The Kier molecular flexibility index (Phi) is 5.11. The number of nitrogens with one attached hydrogen (secondary N) is 3. The van der Waals surface area contributed by atoms with Crippen molar-refractivity contribution in [3.05, 3.63) is 24.3 Å². The minimum Gasteiger partial charge on any atom is -0.325 e. The van der Waals surface area contributed by atoms with E-state index < -0.39 is 10.0 Å². The number of amides is 1. The van der Waals surface area contributed by atoms with Gasteiger partial charge in [-0.2, -0.15) is 0 Å². The van der Waals surface area contributed by atoms with Gasteiger partial charge in [-0.3, -0.25) is 9.52 Å². The van der Waals surface area contributed by atoms with Gasteiger partial charge >= 0.3 is 0 Å². The van der Waals surface area contributed by atoms with E-state index in [9.17, 15) is 13.2 Å². The van der Waals surface area contributed by atoms with Crippen LogP contribution in [0.1, 0.15) is 6.92 Å². The highest BCUT2D eigenvalue weighted by molar-refractivity contribution is 7.92. The van der Waals surface area contributed by atoms with E-state index in [2.05, 4.69) is 15.4 Å². The number of anilines is 2. The van der Waals surface area contributed by atoms with Gasteiger partial charge in [0.05, 0.1) is 12.8 Å². The molecule has 0 radical (unpaired) electrons. The van der Waals surface area contributed by atoms with E-state index in [4.69, 9.17) is 0 Å². The van der Waals surface area contributed by atoms with Crippen molar-refractivity contribution in [3.63, 3.8) is 0 Å². The molecule has 0 unspecified atom stereocenters. The number of carbonyl (C=O) groups is 1. The molecule has 0 atom stereocenters. The molecule has 0 aromatic heterocycles. The van der Waals surface area contributed by atoms with E-state index in [1.165, 1.54) is 0 Å². The van der Waals surface area contributed by atoms with Crippen molar-refractivity contribution in [3.8, 4) is 0 Å². The Morgan fingerprint density at radius 1 is 1.17 bits per heavy atom. The molecular formula is C11H17N3O3S. The van der Waals surface area contributed by atoms with Gasteiger partial charge in [-0.1, -0.05) is 6.92 Å². The van der Waals surface area contributed by atoms with Gasteiger partial charge in [-0.05, 0) is 30.8 Å². The topological polar surface area (TPSA) is 87.3 Å². The predicted octanol–water partition coefficient (Wildman–Crippen LogP) is 0.606. The number of hydrogen-bond donors (Lipinski definition) is 3. The Hall–Kier alpha value is -1.60. The second-order valence-electron chi connectivity index (χ2n) is 3.78. The highest BCUT2D eigenvalue weighted by Crippen LogP contribution is 2.14. The van der Waals surface area contributed by atoms with Crippen LogP contribution >= 0.6 is 0 Å². The molecule has 100 valence electrons. The van der Waals surface area contributed by atoms with Crippen molar-refractivity contribution < 1.29 is 13.2 Å².